The van der Waals surface area contributed by atoms with Crippen LogP contribution in [0.3, 0.4) is 0 Å². The summed E-state index contributed by atoms with van der Waals surface area (Å²) in [7, 11) is 0. The standard InChI is InChI=1S/C18H29NOS/c1-3-12-19-15(2)16-8-7-9-17(13-16)21-14-18(20)10-5-4-6-11-18/h7-9,13,15,19-20H,3-6,10-12,14H2,1-2H3. The van der Waals surface area contributed by atoms with Gasteiger partial charge in [0.25, 0.3) is 0 Å². The van der Waals surface area contributed by atoms with Crippen molar-refractivity contribution in [3.63, 3.8) is 0 Å². The van der Waals surface area contributed by atoms with E-state index in [1.807, 2.05) is 0 Å². The third kappa shape index (κ3) is 5.32. The van der Waals surface area contributed by atoms with Gasteiger partial charge in [-0.05, 0) is 50.4 Å². The first-order valence-electron chi connectivity index (χ1n) is 8.31. The second-order valence-corrected chi connectivity index (χ2v) is 7.37. The fraction of sp³-hybridized carbons (Fsp3) is 0.667. The van der Waals surface area contributed by atoms with Crippen LogP contribution in [0, 0.1) is 0 Å². The predicted molar refractivity (Wildman–Crippen MR) is 91.9 cm³/mol. The first-order valence-corrected chi connectivity index (χ1v) is 9.30. The molecule has 1 unspecified atom stereocenters. The van der Waals surface area contributed by atoms with Crippen LogP contribution in [0.15, 0.2) is 29.2 Å². The largest absolute Gasteiger partial charge is 0.389 e. The molecule has 0 aliphatic heterocycles. The van der Waals surface area contributed by atoms with Gasteiger partial charge < -0.3 is 10.4 Å². The van der Waals surface area contributed by atoms with E-state index in [-0.39, 0.29) is 0 Å². The smallest absolute Gasteiger partial charge is 0.0741 e. The first kappa shape index (κ1) is 16.9. The number of thioether (sulfide) groups is 1. The molecule has 2 nitrogen and oxygen atoms in total. The Hall–Kier alpha value is -0.510. The molecule has 21 heavy (non-hydrogen) atoms. The molecule has 1 aliphatic carbocycles. The van der Waals surface area contributed by atoms with E-state index in [4.69, 9.17) is 0 Å². The summed E-state index contributed by atoms with van der Waals surface area (Å²) in [6.45, 7) is 5.46. The maximum Gasteiger partial charge on any atom is 0.0741 e. The van der Waals surface area contributed by atoms with Crippen LogP contribution in [0.5, 0.6) is 0 Å². The molecule has 118 valence electrons. The van der Waals surface area contributed by atoms with Crippen molar-refractivity contribution in [2.24, 2.45) is 0 Å². The van der Waals surface area contributed by atoms with Crippen LogP contribution in [-0.2, 0) is 0 Å². The highest BCUT2D eigenvalue weighted by molar-refractivity contribution is 7.99. The fourth-order valence-corrected chi connectivity index (χ4v) is 4.04. The SMILES string of the molecule is CCCNC(C)c1cccc(SCC2(O)CCCCC2)c1. The molecule has 1 fully saturated rings. The Balaban J connectivity index is 1.91. The van der Waals surface area contributed by atoms with Gasteiger partial charge in [0.05, 0.1) is 5.60 Å². The molecule has 0 aromatic heterocycles. The van der Waals surface area contributed by atoms with Gasteiger partial charge >= 0.3 is 0 Å². The van der Waals surface area contributed by atoms with E-state index in [1.54, 1.807) is 11.8 Å². The summed E-state index contributed by atoms with van der Waals surface area (Å²) in [5.41, 5.74) is 0.898. The minimum absolute atomic E-state index is 0.392. The second-order valence-electron chi connectivity index (χ2n) is 6.32. The number of rotatable bonds is 7. The Morgan fingerprint density at radius 1 is 1.29 bits per heavy atom. The molecule has 0 heterocycles. The number of aliphatic hydroxyl groups is 1. The number of hydrogen-bond donors (Lipinski definition) is 2. The Morgan fingerprint density at radius 3 is 2.76 bits per heavy atom. The molecule has 1 aromatic carbocycles. The summed E-state index contributed by atoms with van der Waals surface area (Å²) in [5, 5.41) is 14.1. The maximum atomic E-state index is 10.6. The molecule has 1 atom stereocenters. The average molecular weight is 308 g/mol. The molecule has 0 radical (unpaired) electrons. The molecule has 0 saturated heterocycles. The highest BCUT2D eigenvalue weighted by Crippen LogP contribution is 2.34. The minimum atomic E-state index is -0.439. The van der Waals surface area contributed by atoms with Crippen molar-refractivity contribution in [1.82, 2.24) is 5.32 Å². The van der Waals surface area contributed by atoms with Crippen LogP contribution in [0.4, 0.5) is 0 Å². The molecule has 2 rings (SSSR count). The summed E-state index contributed by atoms with van der Waals surface area (Å²) in [6.07, 6.45) is 6.72. The third-order valence-corrected chi connectivity index (χ3v) is 5.62. The van der Waals surface area contributed by atoms with E-state index in [9.17, 15) is 5.11 Å². The summed E-state index contributed by atoms with van der Waals surface area (Å²) in [4.78, 5) is 1.27. The van der Waals surface area contributed by atoms with Crippen LogP contribution in [0.1, 0.15) is 64.0 Å². The van der Waals surface area contributed by atoms with Gasteiger partial charge in [-0.25, -0.2) is 0 Å². The van der Waals surface area contributed by atoms with E-state index in [0.717, 1.165) is 31.6 Å². The van der Waals surface area contributed by atoms with E-state index in [2.05, 4.69) is 43.4 Å². The Kier molecular flexibility index (Phi) is 6.59. The van der Waals surface area contributed by atoms with Gasteiger partial charge in [-0.15, -0.1) is 11.8 Å². The second kappa shape index (κ2) is 8.21. The number of hydrogen-bond acceptors (Lipinski definition) is 3. The van der Waals surface area contributed by atoms with E-state index in [1.165, 1.54) is 29.7 Å². The van der Waals surface area contributed by atoms with Crippen molar-refractivity contribution in [1.29, 1.82) is 0 Å². The summed E-state index contributed by atoms with van der Waals surface area (Å²) in [5.74, 6) is 0.827. The van der Waals surface area contributed by atoms with Crippen molar-refractivity contribution in [3.05, 3.63) is 29.8 Å². The molecule has 1 aromatic rings. The summed E-state index contributed by atoms with van der Waals surface area (Å²) >= 11 is 1.80. The van der Waals surface area contributed by atoms with Gasteiger partial charge in [0, 0.05) is 16.7 Å². The molecular formula is C18H29NOS. The highest BCUT2D eigenvalue weighted by Gasteiger charge is 2.29. The van der Waals surface area contributed by atoms with Crippen LogP contribution >= 0.6 is 11.8 Å². The lowest BCUT2D eigenvalue weighted by Crippen LogP contribution is -2.33. The third-order valence-electron chi connectivity index (χ3n) is 4.35. The molecule has 1 aliphatic rings. The lowest BCUT2D eigenvalue weighted by molar-refractivity contribution is 0.0273. The summed E-state index contributed by atoms with van der Waals surface area (Å²) in [6, 6.07) is 9.14. The van der Waals surface area contributed by atoms with Crippen LogP contribution < -0.4 is 5.32 Å². The Labute approximate surface area is 133 Å². The predicted octanol–water partition coefficient (Wildman–Crippen LogP) is 4.53. The van der Waals surface area contributed by atoms with Crippen LogP contribution in [-0.4, -0.2) is 23.0 Å². The Morgan fingerprint density at radius 2 is 2.05 bits per heavy atom. The normalized spacial score (nSPS) is 19.4. The quantitative estimate of drug-likeness (QED) is 0.726. The van der Waals surface area contributed by atoms with Crippen molar-refractivity contribution in [2.75, 3.05) is 12.3 Å². The molecule has 0 spiro atoms. The fourth-order valence-electron chi connectivity index (χ4n) is 2.92. The zero-order valence-electron chi connectivity index (χ0n) is 13.4. The van der Waals surface area contributed by atoms with Crippen molar-refractivity contribution in [2.45, 2.75) is 68.9 Å². The van der Waals surface area contributed by atoms with Crippen LogP contribution in [0.2, 0.25) is 0 Å². The minimum Gasteiger partial charge on any atom is -0.389 e. The first-order chi connectivity index (χ1) is 10.1. The van der Waals surface area contributed by atoms with Gasteiger partial charge in [0.2, 0.25) is 0 Å². The summed E-state index contributed by atoms with van der Waals surface area (Å²) < 4.78 is 0. The van der Waals surface area contributed by atoms with Crippen LogP contribution in [0.25, 0.3) is 0 Å². The van der Waals surface area contributed by atoms with Crippen molar-refractivity contribution < 1.29 is 5.11 Å². The van der Waals surface area contributed by atoms with E-state index >= 15 is 0 Å². The molecule has 0 amide bonds. The zero-order chi connectivity index (χ0) is 15.1. The van der Waals surface area contributed by atoms with Gasteiger partial charge in [-0.2, -0.15) is 0 Å². The molecule has 1 saturated carbocycles. The van der Waals surface area contributed by atoms with Gasteiger partial charge in [0.1, 0.15) is 0 Å². The average Bonchev–Trinajstić information content (AvgIpc) is 2.52. The van der Waals surface area contributed by atoms with E-state index < -0.39 is 5.60 Å². The lowest BCUT2D eigenvalue weighted by atomic mass is 9.86. The molecule has 0 bridgehead atoms. The van der Waals surface area contributed by atoms with E-state index in [0.29, 0.717) is 6.04 Å². The molecular weight excluding hydrogens is 278 g/mol. The Bertz CT molecular complexity index is 429. The van der Waals surface area contributed by atoms with Crippen molar-refractivity contribution in [3.8, 4) is 0 Å². The molecule has 3 heteroatoms. The highest BCUT2D eigenvalue weighted by atomic mass is 32.2. The van der Waals surface area contributed by atoms with Gasteiger partial charge in [-0.3, -0.25) is 0 Å². The lowest BCUT2D eigenvalue weighted by Gasteiger charge is -2.31. The van der Waals surface area contributed by atoms with Crippen molar-refractivity contribution >= 4 is 11.8 Å². The zero-order valence-corrected chi connectivity index (χ0v) is 14.2. The number of benzene rings is 1. The monoisotopic (exact) mass is 307 g/mol. The molecule has 2 N–H and O–H groups in total. The number of nitrogens with one attached hydrogen (secondary N) is 1. The maximum absolute atomic E-state index is 10.6. The van der Waals surface area contributed by atoms with Gasteiger partial charge in [-0.1, -0.05) is 38.3 Å². The topological polar surface area (TPSA) is 32.3 Å². The van der Waals surface area contributed by atoms with Gasteiger partial charge in [0.15, 0.2) is 0 Å².